The van der Waals surface area contributed by atoms with Gasteiger partial charge in [0.05, 0.1) is 0 Å². The van der Waals surface area contributed by atoms with Gasteiger partial charge in [0.1, 0.15) is 6.10 Å². The Balaban J connectivity index is 3.38. The van der Waals surface area contributed by atoms with Crippen LogP contribution in [0.25, 0.3) is 0 Å². The Morgan fingerprint density at radius 1 is 1.11 bits per heavy atom. The quantitative estimate of drug-likeness (QED) is 0.552. The fourth-order valence-corrected chi connectivity index (χ4v) is 0.222. The van der Waals surface area contributed by atoms with Crippen molar-refractivity contribution in [2.75, 3.05) is 0 Å². The highest BCUT2D eigenvalue weighted by molar-refractivity contribution is 4.49. The molecule has 0 saturated heterocycles. The maximum Gasteiger partial charge on any atom is 0.345 e. The van der Waals surface area contributed by atoms with Crippen molar-refractivity contribution in [3.63, 3.8) is 0 Å². The Labute approximate surface area is 49.6 Å². The lowest BCUT2D eigenvalue weighted by atomic mass is 10.4. The molecule has 0 amide bonds. The van der Waals surface area contributed by atoms with Gasteiger partial charge in [-0.15, -0.1) is 0 Å². The maximum absolute atomic E-state index is 11.3. The molecule has 0 aliphatic carbocycles. The Hall–Kier alpha value is -0.320. The van der Waals surface area contributed by atoms with E-state index in [2.05, 4.69) is 4.74 Å². The largest absolute Gasteiger partial charge is 0.345 e. The highest BCUT2D eigenvalue weighted by Gasteiger charge is 2.18. The normalized spacial score (nSPS) is 15.0. The van der Waals surface area contributed by atoms with Gasteiger partial charge >= 0.3 is 6.61 Å². The van der Waals surface area contributed by atoms with Crippen LogP contribution in [0.1, 0.15) is 6.92 Å². The van der Waals surface area contributed by atoms with Crippen molar-refractivity contribution in [1.29, 1.82) is 0 Å². The smallest absolute Gasteiger partial charge is 0.314 e. The number of alkyl halides is 4. The van der Waals surface area contributed by atoms with Gasteiger partial charge in [-0.05, 0) is 6.92 Å². The summed E-state index contributed by atoms with van der Waals surface area (Å²) in [6.45, 7) is -2.23. The Morgan fingerprint density at radius 2 is 1.56 bits per heavy atom. The van der Waals surface area contributed by atoms with E-state index in [9.17, 15) is 17.6 Å². The topological polar surface area (TPSA) is 9.23 Å². The van der Waals surface area contributed by atoms with Gasteiger partial charge in [-0.2, -0.15) is 8.78 Å². The predicted molar refractivity (Wildman–Crippen MR) is 22.6 cm³/mol. The van der Waals surface area contributed by atoms with Gasteiger partial charge < -0.3 is 4.74 Å². The molecule has 0 aromatic rings. The standard InChI is InChI=1S/C4H6F4O/c1-2(3(5)6)9-4(7)8/h2-4H,1H3. The molecule has 0 aromatic carbocycles. The van der Waals surface area contributed by atoms with Gasteiger partial charge in [-0.25, -0.2) is 8.78 Å². The van der Waals surface area contributed by atoms with Crippen LogP contribution in [-0.4, -0.2) is 19.1 Å². The first kappa shape index (κ1) is 8.68. The third-order valence-corrected chi connectivity index (χ3v) is 0.672. The molecule has 0 aromatic heterocycles. The summed E-state index contributed by atoms with van der Waals surface area (Å²) in [5.74, 6) is 0. The van der Waals surface area contributed by atoms with E-state index in [0.29, 0.717) is 0 Å². The second-order valence-corrected chi connectivity index (χ2v) is 1.44. The second kappa shape index (κ2) is 3.66. The molecule has 0 aliphatic heterocycles. The number of hydrogen-bond donors (Lipinski definition) is 0. The van der Waals surface area contributed by atoms with Crippen molar-refractivity contribution in [3.8, 4) is 0 Å². The van der Waals surface area contributed by atoms with Gasteiger partial charge in [0.25, 0.3) is 6.43 Å². The summed E-state index contributed by atoms with van der Waals surface area (Å²) in [7, 11) is 0. The van der Waals surface area contributed by atoms with Crippen molar-refractivity contribution in [3.05, 3.63) is 0 Å². The van der Waals surface area contributed by atoms with Gasteiger partial charge in [-0.1, -0.05) is 0 Å². The maximum atomic E-state index is 11.3. The highest BCUT2D eigenvalue weighted by Crippen LogP contribution is 2.08. The first-order valence-electron chi connectivity index (χ1n) is 2.25. The molecule has 9 heavy (non-hydrogen) atoms. The first-order valence-corrected chi connectivity index (χ1v) is 2.25. The monoisotopic (exact) mass is 146 g/mol. The van der Waals surface area contributed by atoms with Crippen LogP contribution in [0.2, 0.25) is 0 Å². The summed E-state index contributed by atoms with van der Waals surface area (Å²) in [5.41, 5.74) is 0. The zero-order valence-electron chi connectivity index (χ0n) is 4.65. The SMILES string of the molecule is CC(OC(F)F)C(F)F. The molecule has 1 atom stereocenters. The van der Waals surface area contributed by atoms with Crippen LogP contribution >= 0.6 is 0 Å². The van der Waals surface area contributed by atoms with E-state index < -0.39 is 19.1 Å². The van der Waals surface area contributed by atoms with Crippen LogP contribution in [0.5, 0.6) is 0 Å². The van der Waals surface area contributed by atoms with E-state index in [1.54, 1.807) is 0 Å². The van der Waals surface area contributed by atoms with Gasteiger partial charge in [0.15, 0.2) is 0 Å². The lowest BCUT2D eigenvalue weighted by Crippen LogP contribution is -2.20. The van der Waals surface area contributed by atoms with E-state index in [0.717, 1.165) is 6.92 Å². The predicted octanol–water partition coefficient (Wildman–Crippen LogP) is 1.88. The van der Waals surface area contributed by atoms with Crippen molar-refractivity contribution in [1.82, 2.24) is 0 Å². The molecule has 56 valence electrons. The minimum atomic E-state index is -3.12. The minimum Gasteiger partial charge on any atom is -0.314 e. The second-order valence-electron chi connectivity index (χ2n) is 1.44. The van der Waals surface area contributed by atoms with E-state index >= 15 is 0 Å². The van der Waals surface area contributed by atoms with E-state index in [-0.39, 0.29) is 0 Å². The lowest BCUT2D eigenvalue weighted by molar-refractivity contribution is -0.188. The molecule has 0 heterocycles. The van der Waals surface area contributed by atoms with Crippen molar-refractivity contribution in [2.24, 2.45) is 0 Å². The fraction of sp³-hybridized carbons (Fsp3) is 1.00. The van der Waals surface area contributed by atoms with Crippen LogP contribution in [-0.2, 0) is 4.74 Å². The molecule has 0 fully saturated rings. The zero-order chi connectivity index (χ0) is 7.44. The lowest BCUT2D eigenvalue weighted by Gasteiger charge is -2.09. The molecular weight excluding hydrogens is 140 g/mol. The molecule has 0 bridgehead atoms. The van der Waals surface area contributed by atoms with Crippen LogP contribution in [0.15, 0.2) is 0 Å². The highest BCUT2D eigenvalue weighted by atomic mass is 19.3. The molecule has 0 N–H and O–H groups in total. The summed E-state index contributed by atoms with van der Waals surface area (Å²) < 4.78 is 48.3. The molecule has 0 rings (SSSR count). The summed E-state index contributed by atoms with van der Waals surface area (Å²) >= 11 is 0. The van der Waals surface area contributed by atoms with Crippen molar-refractivity contribution >= 4 is 0 Å². The Kier molecular flexibility index (Phi) is 3.53. The fourth-order valence-electron chi connectivity index (χ4n) is 0.222. The third kappa shape index (κ3) is 4.20. The first-order chi connectivity index (χ1) is 4.04. The van der Waals surface area contributed by atoms with Gasteiger partial charge in [0, 0.05) is 0 Å². The molecular formula is C4H6F4O. The Bertz CT molecular complexity index is 75.0. The Morgan fingerprint density at radius 3 is 1.67 bits per heavy atom. The molecule has 0 spiro atoms. The minimum absolute atomic E-state index is 0.886. The van der Waals surface area contributed by atoms with Crippen molar-refractivity contribution < 1.29 is 22.3 Å². The molecule has 0 saturated carbocycles. The number of hydrogen-bond acceptors (Lipinski definition) is 1. The summed E-state index contributed by atoms with van der Waals surface area (Å²) in [5, 5.41) is 0. The van der Waals surface area contributed by atoms with Gasteiger partial charge in [-0.3, -0.25) is 0 Å². The van der Waals surface area contributed by atoms with E-state index in [1.165, 1.54) is 0 Å². The van der Waals surface area contributed by atoms with Crippen molar-refractivity contribution in [2.45, 2.75) is 26.1 Å². The molecule has 1 nitrogen and oxygen atoms in total. The number of ether oxygens (including phenoxy) is 1. The van der Waals surface area contributed by atoms with Gasteiger partial charge in [0.2, 0.25) is 0 Å². The average Bonchev–Trinajstić information content (AvgIpc) is 1.63. The van der Waals surface area contributed by atoms with E-state index in [4.69, 9.17) is 0 Å². The summed E-state index contributed by atoms with van der Waals surface area (Å²) in [6.07, 6.45) is -4.54. The van der Waals surface area contributed by atoms with Crippen LogP contribution in [0, 0.1) is 0 Å². The van der Waals surface area contributed by atoms with Crippen LogP contribution < -0.4 is 0 Å². The molecule has 1 unspecified atom stereocenters. The zero-order valence-corrected chi connectivity index (χ0v) is 4.65. The molecule has 0 radical (unpaired) electrons. The number of halogens is 4. The summed E-state index contributed by atoms with van der Waals surface area (Å²) in [4.78, 5) is 0. The molecule has 5 heteroatoms. The van der Waals surface area contributed by atoms with Crippen LogP contribution in [0.4, 0.5) is 17.6 Å². The van der Waals surface area contributed by atoms with E-state index in [1.807, 2.05) is 0 Å². The number of rotatable bonds is 3. The van der Waals surface area contributed by atoms with Crippen LogP contribution in [0.3, 0.4) is 0 Å². The third-order valence-electron chi connectivity index (χ3n) is 0.672. The summed E-state index contributed by atoms with van der Waals surface area (Å²) in [6, 6.07) is 0. The average molecular weight is 146 g/mol. The molecule has 0 aliphatic rings.